The van der Waals surface area contributed by atoms with Crippen LogP contribution in [0.1, 0.15) is 7.43 Å². The van der Waals surface area contributed by atoms with Gasteiger partial charge in [0, 0.05) is 95.4 Å². The first kappa shape index (κ1) is 53.2. The van der Waals surface area contributed by atoms with Crippen molar-refractivity contribution in [2.75, 3.05) is 98.3 Å². The molecule has 2 aliphatic rings. The fraction of sp³-hybridized carbons (Fsp3) is 0.193. The highest BCUT2D eigenvalue weighted by Crippen LogP contribution is 2.36. The largest absolute Gasteiger partial charge is 0.494 e. The van der Waals surface area contributed by atoms with E-state index in [1.165, 1.54) is 6.08 Å². The minimum atomic E-state index is -0.509. The number of hydrogen-bond donors (Lipinski definition) is 4. The Labute approximate surface area is 435 Å². The number of benzene rings is 6. The summed E-state index contributed by atoms with van der Waals surface area (Å²) in [5, 5.41) is 10.8. The van der Waals surface area contributed by atoms with Crippen molar-refractivity contribution in [2.24, 2.45) is 0 Å². The van der Waals surface area contributed by atoms with E-state index in [1.807, 2.05) is 115 Å². The normalized spacial score (nSPS) is 12.9. The molecular formula is C57H59ClN10O6. The lowest BCUT2D eigenvalue weighted by Gasteiger charge is -2.29. The zero-order valence-electron chi connectivity index (χ0n) is 40.5. The first-order valence-electron chi connectivity index (χ1n) is 23.4. The summed E-state index contributed by atoms with van der Waals surface area (Å²) >= 11 is 4.71. The van der Waals surface area contributed by atoms with Crippen molar-refractivity contribution in [3.05, 3.63) is 159 Å². The molecular weight excluding hydrogens is 956 g/mol. The summed E-state index contributed by atoms with van der Waals surface area (Å²) < 4.78 is 22.2. The maximum atomic E-state index is 11.7. The summed E-state index contributed by atoms with van der Waals surface area (Å²) in [6, 6.07) is 39.6. The number of allylic oxidation sites excluding steroid dienone is 1. The van der Waals surface area contributed by atoms with Crippen LogP contribution in [-0.4, -0.2) is 97.9 Å². The van der Waals surface area contributed by atoms with Gasteiger partial charge in [-0.1, -0.05) is 81.2 Å². The molecule has 4 heterocycles. The van der Waals surface area contributed by atoms with Crippen LogP contribution in [0.4, 0.5) is 46.0 Å². The molecule has 74 heavy (non-hydrogen) atoms. The zero-order valence-corrected chi connectivity index (χ0v) is 41.3. The van der Waals surface area contributed by atoms with Crippen LogP contribution in [0.25, 0.3) is 44.1 Å². The van der Waals surface area contributed by atoms with Gasteiger partial charge in [-0.25, -0.2) is 19.9 Å². The summed E-state index contributed by atoms with van der Waals surface area (Å²) in [5.41, 5.74) is 16.7. The van der Waals surface area contributed by atoms with Gasteiger partial charge < -0.3 is 50.4 Å². The molecule has 380 valence electrons. The topological polar surface area (TPSA) is 191 Å². The number of ether oxygens (including phenoxy) is 4. The Hall–Kier alpha value is -8.57. The van der Waals surface area contributed by atoms with Crippen molar-refractivity contribution in [1.29, 1.82) is 0 Å². The number of anilines is 8. The zero-order chi connectivity index (χ0) is 51.1. The number of nitrogens with zero attached hydrogens (tertiary/aromatic N) is 6. The first-order valence-corrected chi connectivity index (χ1v) is 23.8. The number of rotatable bonds is 13. The number of carbonyl (C=O) groups excluding carboxylic acids is 2. The van der Waals surface area contributed by atoms with Gasteiger partial charge in [0.1, 0.15) is 11.5 Å². The number of nitrogens with one attached hydrogen (secondary N) is 3. The van der Waals surface area contributed by atoms with E-state index in [0.29, 0.717) is 23.3 Å². The van der Waals surface area contributed by atoms with Gasteiger partial charge in [0.2, 0.25) is 23.0 Å². The molecule has 17 heteroatoms. The molecule has 0 bridgehead atoms. The van der Waals surface area contributed by atoms with Crippen LogP contribution in [0.3, 0.4) is 0 Å². The van der Waals surface area contributed by atoms with E-state index in [-0.39, 0.29) is 13.3 Å². The van der Waals surface area contributed by atoms with Crippen LogP contribution in [-0.2, 0) is 19.1 Å². The van der Waals surface area contributed by atoms with E-state index in [2.05, 4.69) is 61.0 Å². The number of morpholine rings is 2. The smallest absolute Gasteiger partial charge is 0.247 e. The number of amides is 1. The quantitative estimate of drug-likeness (QED) is 0.0484. The van der Waals surface area contributed by atoms with Gasteiger partial charge in [0.15, 0.2) is 0 Å². The van der Waals surface area contributed by atoms with Crippen LogP contribution in [0.2, 0.25) is 0 Å². The number of nitrogens with two attached hydrogens (primary N) is 1. The monoisotopic (exact) mass is 1010 g/mol. The van der Waals surface area contributed by atoms with Gasteiger partial charge in [0.25, 0.3) is 0 Å². The summed E-state index contributed by atoms with van der Waals surface area (Å²) in [6.07, 6.45) is 5.92. The Morgan fingerprint density at radius 1 is 0.635 bits per heavy atom. The maximum Gasteiger partial charge on any atom is 0.247 e. The van der Waals surface area contributed by atoms with E-state index in [1.54, 1.807) is 20.4 Å². The van der Waals surface area contributed by atoms with Gasteiger partial charge in [-0.15, -0.1) is 0 Å². The second-order valence-corrected chi connectivity index (χ2v) is 16.9. The molecule has 5 N–H and O–H groups in total. The SMILES string of the molecule is C.C=CC(=O)Cl.C=CC(=O)Nc1cccc(-c2cccc3cnc(Nc4ccc(N5CCOCC5)cc4OC)nc23)c1.COc1cc(N2CCOCC2)ccc1Nc1ncc2cccc(-c3cccc(N)c3)c2n1. The van der Waals surface area contributed by atoms with Gasteiger partial charge in [-0.3, -0.25) is 9.59 Å². The van der Waals surface area contributed by atoms with Crippen molar-refractivity contribution in [2.45, 2.75) is 7.43 Å². The van der Waals surface area contributed by atoms with E-state index in [9.17, 15) is 9.59 Å². The molecule has 0 spiro atoms. The Kier molecular flexibility index (Phi) is 18.5. The Balaban J connectivity index is 0.000000197. The molecule has 6 aromatic carbocycles. The number of aromatic nitrogens is 4. The van der Waals surface area contributed by atoms with Crippen molar-refractivity contribution >= 4 is 90.6 Å². The molecule has 1 amide bonds. The minimum absolute atomic E-state index is 0. The summed E-state index contributed by atoms with van der Waals surface area (Å²) in [4.78, 5) is 44.5. The Morgan fingerprint density at radius 3 is 1.54 bits per heavy atom. The fourth-order valence-electron chi connectivity index (χ4n) is 8.21. The van der Waals surface area contributed by atoms with Crippen molar-refractivity contribution < 1.29 is 28.5 Å². The average molecular weight is 1020 g/mol. The number of fused-ring (bicyclic) bond motifs is 2. The molecule has 8 aromatic rings. The van der Waals surface area contributed by atoms with Crippen LogP contribution in [0, 0.1) is 0 Å². The third-order valence-electron chi connectivity index (χ3n) is 11.8. The molecule has 2 aliphatic heterocycles. The molecule has 2 saturated heterocycles. The lowest BCUT2D eigenvalue weighted by atomic mass is 10.0. The standard InChI is InChI=1S/C28H27N5O3.C25H25N5O2.C3H3ClO.CH4/c1-3-26(34)30-21-8-4-6-19(16-21)23-9-5-7-20-18-29-28(32-27(20)23)31-24-11-10-22(17-25(24)35-2)33-12-14-36-15-13-33;1-31-23-15-20(30-10-12-32-13-11-30)8-9-22(23)28-25-27-16-18-5-3-7-21(24(18)29-25)17-4-2-6-19(26)14-17;1-2-3(4)5;/h3-11,16-18H,1,12-15H2,2H3,(H,30,34)(H,29,31,32);2-9,14-16H,10-13,26H2,1H3,(H,27,28,29);2H,1H2;1H4. The maximum absolute atomic E-state index is 11.7. The lowest BCUT2D eigenvalue weighted by Crippen LogP contribution is -2.36. The van der Waals surface area contributed by atoms with Crippen LogP contribution in [0.15, 0.2) is 159 Å². The minimum Gasteiger partial charge on any atom is -0.494 e. The predicted octanol–water partition coefficient (Wildman–Crippen LogP) is 11.1. The highest BCUT2D eigenvalue weighted by molar-refractivity contribution is 6.66. The highest BCUT2D eigenvalue weighted by atomic mass is 35.5. The van der Waals surface area contributed by atoms with Gasteiger partial charge in [-0.2, -0.15) is 0 Å². The predicted molar refractivity (Wildman–Crippen MR) is 300 cm³/mol. The Morgan fingerprint density at radius 2 is 1.09 bits per heavy atom. The molecule has 10 rings (SSSR count). The number of hydrogen-bond acceptors (Lipinski definition) is 15. The number of halogens is 1. The third-order valence-corrected chi connectivity index (χ3v) is 12.0. The van der Waals surface area contributed by atoms with Crippen LogP contribution < -0.4 is 41.0 Å². The van der Waals surface area contributed by atoms with E-state index < -0.39 is 5.24 Å². The molecule has 0 unspecified atom stereocenters. The summed E-state index contributed by atoms with van der Waals surface area (Å²) in [5.74, 6) is 2.16. The number of carbonyl (C=O) groups is 2. The first-order chi connectivity index (χ1) is 35.6. The van der Waals surface area contributed by atoms with Crippen molar-refractivity contribution in [3.63, 3.8) is 0 Å². The van der Waals surface area contributed by atoms with Gasteiger partial charge in [0.05, 0.1) is 63.1 Å². The molecule has 0 saturated carbocycles. The fourth-order valence-corrected chi connectivity index (χ4v) is 8.21. The summed E-state index contributed by atoms with van der Waals surface area (Å²) in [7, 11) is 3.32. The van der Waals surface area contributed by atoms with Crippen molar-refractivity contribution in [3.8, 4) is 33.8 Å². The van der Waals surface area contributed by atoms with E-state index in [4.69, 9.17) is 46.3 Å². The van der Waals surface area contributed by atoms with Crippen LogP contribution in [0.5, 0.6) is 11.5 Å². The third kappa shape index (κ3) is 13.5. The van der Waals surface area contributed by atoms with Crippen LogP contribution >= 0.6 is 11.6 Å². The van der Waals surface area contributed by atoms with Gasteiger partial charge in [-0.05, 0) is 83.4 Å². The Bertz CT molecular complexity index is 3250. The molecule has 2 fully saturated rings. The second-order valence-electron chi connectivity index (χ2n) is 16.5. The lowest BCUT2D eigenvalue weighted by molar-refractivity contribution is -0.112. The molecule has 0 atom stereocenters. The number of nitrogen functional groups attached to an aromatic ring is 1. The number of methoxy groups -OCH3 is 2. The highest BCUT2D eigenvalue weighted by Gasteiger charge is 2.17. The summed E-state index contributed by atoms with van der Waals surface area (Å²) in [6.45, 7) is 13.0. The van der Waals surface area contributed by atoms with Gasteiger partial charge >= 0.3 is 0 Å². The van der Waals surface area contributed by atoms with E-state index >= 15 is 0 Å². The van der Waals surface area contributed by atoms with Crippen molar-refractivity contribution in [1.82, 2.24) is 19.9 Å². The molecule has 0 radical (unpaired) electrons. The average Bonchev–Trinajstić information content (AvgIpc) is 3.44. The molecule has 0 aliphatic carbocycles. The molecule has 2 aromatic heterocycles. The number of para-hydroxylation sites is 2. The molecule has 16 nitrogen and oxygen atoms in total. The van der Waals surface area contributed by atoms with E-state index in [0.717, 1.165) is 137 Å². The second kappa shape index (κ2) is 25.7.